The van der Waals surface area contributed by atoms with E-state index in [4.69, 9.17) is 9.47 Å². The highest BCUT2D eigenvalue weighted by molar-refractivity contribution is 5.89. The number of hydrogen-bond acceptors (Lipinski definition) is 3. The van der Waals surface area contributed by atoms with Gasteiger partial charge in [0, 0.05) is 6.42 Å². The summed E-state index contributed by atoms with van der Waals surface area (Å²) in [4.78, 5) is 11.9. The summed E-state index contributed by atoms with van der Waals surface area (Å²) >= 11 is 0. The van der Waals surface area contributed by atoms with Gasteiger partial charge >= 0.3 is 5.97 Å². The van der Waals surface area contributed by atoms with Gasteiger partial charge in [-0.1, -0.05) is 60.7 Å². The summed E-state index contributed by atoms with van der Waals surface area (Å²) in [5, 5.41) is 0. The first-order valence-electron chi connectivity index (χ1n) is 9.29. The van der Waals surface area contributed by atoms with Crippen molar-refractivity contribution < 1.29 is 14.3 Å². The number of benzene rings is 3. The van der Waals surface area contributed by atoms with Crippen molar-refractivity contribution in [1.29, 1.82) is 0 Å². The van der Waals surface area contributed by atoms with E-state index in [0.29, 0.717) is 18.8 Å². The fraction of sp³-hybridized carbons (Fsp3) is 0.208. The highest BCUT2D eigenvalue weighted by atomic mass is 16.5. The van der Waals surface area contributed by atoms with Gasteiger partial charge in [-0.25, -0.2) is 4.79 Å². The van der Waals surface area contributed by atoms with Crippen LogP contribution in [-0.4, -0.2) is 19.2 Å². The van der Waals surface area contributed by atoms with Crippen molar-refractivity contribution in [1.82, 2.24) is 0 Å². The maximum atomic E-state index is 11.9. The summed E-state index contributed by atoms with van der Waals surface area (Å²) in [6.45, 7) is 1.06. The van der Waals surface area contributed by atoms with Crippen molar-refractivity contribution in [2.75, 3.05) is 13.2 Å². The Kier molecular flexibility index (Phi) is 7.05. The highest BCUT2D eigenvalue weighted by Crippen LogP contribution is 2.15. The van der Waals surface area contributed by atoms with Crippen LogP contribution in [-0.2, 0) is 17.6 Å². The molecule has 0 fully saturated rings. The van der Waals surface area contributed by atoms with E-state index in [1.165, 1.54) is 11.1 Å². The number of hydrogen-bond donors (Lipinski definition) is 0. The molecule has 0 saturated heterocycles. The van der Waals surface area contributed by atoms with Gasteiger partial charge in [0.25, 0.3) is 0 Å². The Labute approximate surface area is 160 Å². The fourth-order valence-electron chi connectivity index (χ4n) is 2.82. The molecule has 0 radical (unpaired) electrons. The van der Waals surface area contributed by atoms with Gasteiger partial charge in [0.05, 0.1) is 18.8 Å². The lowest BCUT2D eigenvalue weighted by atomic mass is 10.1. The van der Waals surface area contributed by atoms with Gasteiger partial charge in [0.15, 0.2) is 0 Å². The molecule has 3 heteroatoms. The quantitative estimate of drug-likeness (QED) is 0.393. The normalized spacial score (nSPS) is 10.4. The van der Waals surface area contributed by atoms with Crippen LogP contribution in [0.15, 0.2) is 84.9 Å². The second-order valence-corrected chi connectivity index (χ2v) is 6.34. The number of aryl methyl sites for hydroxylation is 1. The summed E-state index contributed by atoms with van der Waals surface area (Å²) in [5.74, 6) is 0.610. The zero-order valence-corrected chi connectivity index (χ0v) is 15.3. The van der Waals surface area contributed by atoms with E-state index in [9.17, 15) is 4.79 Å². The number of esters is 1. The van der Waals surface area contributed by atoms with Crippen LogP contribution in [0.2, 0.25) is 0 Å². The molecule has 3 rings (SSSR count). The first-order chi connectivity index (χ1) is 13.3. The third-order valence-corrected chi connectivity index (χ3v) is 4.25. The minimum absolute atomic E-state index is 0.270. The monoisotopic (exact) mass is 360 g/mol. The van der Waals surface area contributed by atoms with E-state index in [2.05, 4.69) is 24.3 Å². The molecule has 0 amide bonds. The van der Waals surface area contributed by atoms with Gasteiger partial charge < -0.3 is 9.47 Å². The summed E-state index contributed by atoms with van der Waals surface area (Å²) in [7, 11) is 0. The van der Waals surface area contributed by atoms with Crippen molar-refractivity contribution in [3.05, 3.63) is 102 Å². The van der Waals surface area contributed by atoms with Crippen LogP contribution in [0.4, 0.5) is 0 Å². The predicted molar refractivity (Wildman–Crippen MR) is 107 cm³/mol. The molecule has 0 unspecified atom stereocenters. The second-order valence-electron chi connectivity index (χ2n) is 6.34. The summed E-state index contributed by atoms with van der Waals surface area (Å²) in [6, 6.07) is 27.5. The Morgan fingerprint density at radius 1 is 0.704 bits per heavy atom. The minimum Gasteiger partial charge on any atom is -0.493 e. The van der Waals surface area contributed by atoms with Crippen molar-refractivity contribution in [2.45, 2.75) is 19.3 Å². The lowest BCUT2D eigenvalue weighted by molar-refractivity contribution is 0.0500. The standard InChI is InChI=1S/C24H24O3/c25-24(22-13-5-2-6-14-22)27-17-8-12-21-11-7-15-23(19-21)26-18-16-20-9-3-1-4-10-20/h1-7,9-11,13-15,19H,8,12,16-18H2. The van der Waals surface area contributed by atoms with Crippen LogP contribution in [0.25, 0.3) is 0 Å². The molecule has 3 aromatic carbocycles. The molecule has 3 aromatic rings. The molecule has 0 spiro atoms. The van der Waals surface area contributed by atoms with Gasteiger partial charge in [0.2, 0.25) is 0 Å². The smallest absolute Gasteiger partial charge is 0.338 e. The van der Waals surface area contributed by atoms with Gasteiger partial charge in [-0.2, -0.15) is 0 Å². The van der Waals surface area contributed by atoms with E-state index < -0.39 is 0 Å². The van der Waals surface area contributed by atoms with Gasteiger partial charge in [-0.15, -0.1) is 0 Å². The molecule has 3 nitrogen and oxygen atoms in total. The molecule has 0 atom stereocenters. The number of rotatable bonds is 9. The molecule has 0 N–H and O–H groups in total. The highest BCUT2D eigenvalue weighted by Gasteiger charge is 2.05. The van der Waals surface area contributed by atoms with Crippen LogP contribution in [0.3, 0.4) is 0 Å². The molecule has 0 bridgehead atoms. The number of carbonyl (C=O) groups excluding carboxylic acids is 1. The molecular weight excluding hydrogens is 336 g/mol. The van der Waals surface area contributed by atoms with Gasteiger partial charge in [-0.05, 0) is 48.2 Å². The van der Waals surface area contributed by atoms with E-state index in [1.807, 2.05) is 48.5 Å². The largest absolute Gasteiger partial charge is 0.493 e. The van der Waals surface area contributed by atoms with Crippen molar-refractivity contribution in [3.8, 4) is 5.75 Å². The van der Waals surface area contributed by atoms with Crippen LogP contribution < -0.4 is 4.74 Å². The molecule has 0 aliphatic carbocycles. The minimum atomic E-state index is -0.270. The van der Waals surface area contributed by atoms with Gasteiger partial charge in [0.1, 0.15) is 5.75 Å². The fourth-order valence-corrected chi connectivity index (χ4v) is 2.82. The Balaban J connectivity index is 1.39. The lowest BCUT2D eigenvalue weighted by Crippen LogP contribution is -2.07. The SMILES string of the molecule is O=C(OCCCc1cccc(OCCc2ccccc2)c1)c1ccccc1. The maximum absolute atomic E-state index is 11.9. The predicted octanol–water partition coefficient (Wildman–Crippen LogP) is 5.10. The lowest BCUT2D eigenvalue weighted by Gasteiger charge is -2.09. The molecule has 0 aliphatic heterocycles. The third kappa shape index (κ3) is 6.30. The van der Waals surface area contributed by atoms with Crippen LogP contribution in [0.1, 0.15) is 27.9 Å². The van der Waals surface area contributed by atoms with E-state index in [1.54, 1.807) is 12.1 Å². The summed E-state index contributed by atoms with van der Waals surface area (Å²) in [6.07, 6.45) is 2.52. The molecule has 0 aromatic heterocycles. The molecule has 0 heterocycles. The average molecular weight is 360 g/mol. The Hall–Kier alpha value is -3.07. The van der Waals surface area contributed by atoms with E-state index >= 15 is 0 Å². The van der Waals surface area contributed by atoms with Crippen molar-refractivity contribution in [3.63, 3.8) is 0 Å². The zero-order valence-electron chi connectivity index (χ0n) is 15.3. The first kappa shape index (κ1) is 18.7. The number of ether oxygens (including phenoxy) is 2. The second kappa shape index (κ2) is 10.2. The van der Waals surface area contributed by atoms with Crippen LogP contribution in [0, 0.1) is 0 Å². The molecule has 0 saturated carbocycles. The Morgan fingerprint density at radius 2 is 1.41 bits per heavy atom. The summed E-state index contributed by atoms with van der Waals surface area (Å²) in [5.41, 5.74) is 3.04. The molecule has 0 aliphatic rings. The average Bonchev–Trinajstić information content (AvgIpc) is 2.73. The van der Waals surface area contributed by atoms with E-state index in [-0.39, 0.29) is 5.97 Å². The van der Waals surface area contributed by atoms with Crippen LogP contribution >= 0.6 is 0 Å². The Morgan fingerprint density at radius 3 is 2.19 bits per heavy atom. The molecule has 138 valence electrons. The first-order valence-corrected chi connectivity index (χ1v) is 9.29. The van der Waals surface area contributed by atoms with Crippen LogP contribution in [0.5, 0.6) is 5.75 Å². The van der Waals surface area contributed by atoms with E-state index in [0.717, 1.165) is 25.0 Å². The Bertz CT molecular complexity index is 829. The topological polar surface area (TPSA) is 35.5 Å². The maximum Gasteiger partial charge on any atom is 0.338 e. The molecule has 27 heavy (non-hydrogen) atoms. The zero-order chi connectivity index (χ0) is 18.7. The third-order valence-electron chi connectivity index (χ3n) is 4.25. The number of carbonyl (C=O) groups is 1. The molecular formula is C24H24O3. The summed E-state index contributed by atoms with van der Waals surface area (Å²) < 4.78 is 11.2. The van der Waals surface area contributed by atoms with Crippen molar-refractivity contribution in [2.24, 2.45) is 0 Å². The van der Waals surface area contributed by atoms with Crippen molar-refractivity contribution >= 4 is 5.97 Å². The van der Waals surface area contributed by atoms with Gasteiger partial charge in [-0.3, -0.25) is 0 Å².